The molecule has 3 aliphatic heterocycles. The van der Waals surface area contributed by atoms with Gasteiger partial charge < -0.3 is 25.4 Å². The number of nitrogens with zero attached hydrogens (tertiary/aromatic N) is 1. The van der Waals surface area contributed by atoms with Gasteiger partial charge in [-0.15, -0.1) is 0 Å². The lowest BCUT2D eigenvalue weighted by molar-refractivity contribution is -0.141. The SMILES string of the molecule is Cc1cccc(C)c1NC(=O)C1N(CCO)C(=O)[C@@H]2[C@@H](C(=O)NCc3ccccc3)[C@H]3CCC12O3. The summed E-state index contributed by atoms with van der Waals surface area (Å²) in [6.45, 7) is 3.91. The van der Waals surface area contributed by atoms with Gasteiger partial charge in [0.15, 0.2) is 0 Å². The number of hydrogen-bond acceptors (Lipinski definition) is 5. The molecule has 0 aromatic heterocycles. The molecule has 2 bridgehead atoms. The third-order valence-corrected chi connectivity index (χ3v) is 7.73. The van der Waals surface area contributed by atoms with Crippen LogP contribution < -0.4 is 10.6 Å². The summed E-state index contributed by atoms with van der Waals surface area (Å²) in [5.74, 6) is -2.31. The lowest BCUT2D eigenvalue weighted by atomic mass is 9.70. The number of likely N-dealkylation sites (tertiary alicyclic amines) is 1. The number of carbonyl (C=O) groups excluding carboxylic acids is 3. The Kier molecular flexibility index (Phi) is 6.11. The minimum Gasteiger partial charge on any atom is -0.395 e. The quantitative estimate of drug-likeness (QED) is 0.565. The Morgan fingerprint density at radius 2 is 1.80 bits per heavy atom. The van der Waals surface area contributed by atoms with Crippen LogP contribution in [0.4, 0.5) is 5.69 Å². The Labute approximate surface area is 204 Å². The third-order valence-electron chi connectivity index (χ3n) is 7.73. The first-order chi connectivity index (χ1) is 16.9. The van der Waals surface area contributed by atoms with Gasteiger partial charge in [-0.25, -0.2) is 0 Å². The van der Waals surface area contributed by atoms with Crippen molar-refractivity contribution in [3.63, 3.8) is 0 Å². The number of anilines is 1. The fourth-order valence-corrected chi connectivity index (χ4v) is 6.21. The van der Waals surface area contributed by atoms with E-state index in [1.54, 1.807) is 0 Å². The number of amides is 3. The lowest BCUT2D eigenvalue weighted by Gasteiger charge is -2.33. The zero-order valence-electron chi connectivity index (χ0n) is 20.0. The van der Waals surface area contributed by atoms with Gasteiger partial charge in [-0.2, -0.15) is 0 Å². The number of aliphatic hydroxyl groups excluding tert-OH is 1. The van der Waals surface area contributed by atoms with E-state index in [0.717, 1.165) is 16.7 Å². The molecule has 3 aliphatic rings. The van der Waals surface area contributed by atoms with Gasteiger partial charge in [0.2, 0.25) is 17.7 Å². The molecule has 3 fully saturated rings. The summed E-state index contributed by atoms with van der Waals surface area (Å²) in [5, 5.41) is 15.7. The summed E-state index contributed by atoms with van der Waals surface area (Å²) in [7, 11) is 0. The topological polar surface area (TPSA) is 108 Å². The van der Waals surface area contributed by atoms with Crippen LogP contribution >= 0.6 is 0 Å². The number of nitrogens with one attached hydrogen (secondary N) is 2. The maximum atomic E-state index is 13.7. The standard InChI is InChI=1S/C27H31N3O5/c1-16-7-6-8-17(2)22(16)29-25(33)23-27-12-11-19(35-27)20(21(27)26(34)30(23)13-14-31)24(32)28-15-18-9-4-3-5-10-18/h3-10,19-21,23,31H,11-15H2,1-2H3,(H,28,32)(H,29,33)/t19-,20+,21+,23?,27?/m1/s1. The average molecular weight is 478 g/mol. The van der Waals surface area contributed by atoms with Gasteiger partial charge in [-0.3, -0.25) is 14.4 Å². The molecular weight excluding hydrogens is 446 g/mol. The number of fused-ring (bicyclic) bond motifs is 1. The largest absolute Gasteiger partial charge is 0.395 e. The smallest absolute Gasteiger partial charge is 0.250 e. The minimum absolute atomic E-state index is 0.00824. The number of rotatable bonds is 7. The molecular formula is C27H31N3O5. The Balaban J connectivity index is 1.42. The molecule has 3 N–H and O–H groups in total. The fourth-order valence-electron chi connectivity index (χ4n) is 6.21. The van der Waals surface area contributed by atoms with Crippen LogP contribution in [0, 0.1) is 25.7 Å². The van der Waals surface area contributed by atoms with Crippen molar-refractivity contribution < 1.29 is 24.2 Å². The van der Waals surface area contributed by atoms with Crippen molar-refractivity contribution in [2.24, 2.45) is 11.8 Å². The molecule has 3 heterocycles. The number of hydrogen-bond donors (Lipinski definition) is 3. The first-order valence-electron chi connectivity index (χ1n) is 12.2. The van der Waals surface area contributed by atoms with Crippen LogP contribution in [0.3, 0.4) is 0 Å². The van der Waals surface area contributed by atoms with Gasteiger partial charge in [0, 0.05) is 18.8 Å². The van der Waals surface area contributed by atoms with Gasteiger partial charge in [0.05, 0.1) is 24.5 Å². The molecule has 0 radical (unpaired) electrons. The molecule has 3 amide bonds. The Morgan fingerprint density at radius 3 is 2.49 bits per heavy atom. The first-order valence-corrected chi connectivity index (χ1v) is 12.2. The van der Waals surface area contributed by atoms with Gasteiger partial charge in [0.1, 0.15) is 11.6 Å². The highest BCUT2D eigenvalue weighted by Gasteiger charge is 2.74. The van der Waals surface area contributed by atoms with E-state index in [9.17, 15) is 19.5 Å². The first kappa shape index (κ1) is 23.5. The van der Waals surface area contributed by atoms with E-state index in [2.05, 4.69) is 10.6 Å². The molecule has 8 heteroatoms. The molecule has 35 heavy (non-hydrogen) atoms. The van der Waals surface area contributed by atoms with Crippen molar-refractivity contribution in [2.45, 2.75) is 51.0 Å². The highest BCUT2D eigenvalue weighted by Crippen LogP contribution is 2.58. The van der Waals surface area contributed by atoms with Crippen LogP contribution in [0.25, 0.3) is 0 Å². The zero-order valence-corrected chi connectivity index (χ0v) is 20.0. The maximum absolute atomic E-state index is 13.7. The monoisotopic (exact) mass is 477 g/mol. The lowest BCUT2D eigenvalue weighted by Crippen LogP contribution is -2.54. The van der Waals surface area contributed by atoms with Crippen molar-refractivity contribution in [1.29, 1.82) is 0 Å². The van der Waals surface area contributed by atoms with Crippen LogP contribution in [0.5, 0.6) is 0 Å². The summed E-state index contributed by atoms with van der Waals surface area (Å²) in [6, 6.07) is 14.4. The predicted octanol–water partition coefficient (Wildman–Crippen LogP) is 1.93. The molecule has 5 atom stereocenters. The van der Waals surface area contributed by atoms with Gasteiger partial charge >= 0.3 is 0 Å². The molecule has 0 saturated carbocycles. The van der Waals surface area contributed by atoms with Crippen LogP contribution in [-0.4, -0.2) is 58.6 Å². The van der Waals surface area contributed by atoms with Gasteiger partial charge in [-0.05, 0) is 43.4 Å². The van der Waals surface area contributed by atoms with Crippen molar-refractivity contribution in [3.05, 3.63) is 65.2 Å². The second kappa shape index (κ2) is 9.09. The molecule has 2 aromatic rings. The number of benzene rings is 2. The van der Waals surface area contributed by atoms with Crippen molar-refractivity contribution in [2.75, 3.05) is 18.5 Å². The number of aliphatic hydroxyl groups is 1. The Morgan fingerprint density at radius 1 is 1.09 bits per heavy atom. The summed E-state index contributed by atoms with van der Waals surface area (Å²) in [4.78, 5) is 42.0. The van der Waals surface area contributed by atoms with Crippen LogP contribution in [0.2, 0.25) is 0 Å². The summed E-state index contributed by atoms with van der Waals surface area (Å²) < 4.78 is 6.38. The number of para-hydroxylation sites is 1. The summed E-state index contributed by atoms with van der Waals surface area (Å²) in [6.07, 6.45) is 0.711. The second-order valence-corrected chi connectivity index (χ2v) is 9.77. The van der Waals surface area contributed by atoms with E-state index in [0.29, 0.717) is 25.1 Å². The summed E-state index contributed by atoms with van der Waals surface area (Å²) >= 11 is 0. The number of ether oxygens (including phenoxy) is 1. The van der Waals surface area contributed by atoms with Gasteiger partial charge in [-0.1, -0.05) is 48.5 Å². The highest BCUT2D eigenvalue weighted by atomic mass is 16.5. The average Bonchev–Trinajstić information content (AvgIpc) is 3.48. The zero-order chi connectivity index (χ0) is 24.7. The molecule has 184 valence electrons. The molecule has 8 nitrogen and oxygen atoms in total. The Hall–Kier alpha value is -3.23. The molecule has 2 unspecified atom stereocenters. The van der Waals surface area contributed by atoms with Crippen LogP contribution in [0.15, 0.2) is 48.5 Å². The predicted molar refractivity (Wildman–Crippen MR) is 129 cm³/mol. The van der Waals surface area contributed by atoms with Crippen molar-refractivity contribution in [1.82, 2.24) is 10.2 Å². The van der Waals surface area contributed by atoms with E-state index in [-0.39, 0.29) is 30.9 Å². The molecule has 1 spiro atoms. The van der Waals surface area contributed by atoms with E-state index >= 15 is 0 Å². The van der Waals surface area contributed by atoms with Crippen molar-refractivity contribution >= 4 is 23.4 Å². The Bertz CT molecular complexity index is 1130. The normalized spacial score (nSPS) is 28.8. The number of β-amino-alcohol motifs (C(OH)–C–C–N with tert-alkyl or cyclic N) is 1. The maximum Gasteiger partial charge on any atom is 0.250 e. The van der Waals surface area contributed by atoms with Crippen LogP contribution in [0.1, 0.15) is 29.5 Å². The number of aryl methyl sites for hydroxylation is 2. The van der Waals surface area contributed by atoms with Gasteiger partial charge in [0.25, 0.3) is 0 Å². The molecule has 0 aliphatic carbocycles. The molecule has 5 rings (SSSR count). The van der Waals surface area contributed by atoms with E-state index in [1.165, 1.54) is 4.90 Å². The third kappa shape index (κ3) is 3.81. The van der Waals surface area contributed by atoms with E-state index in [4.69, 9.17) is 4.74 Å². The second-order valence-electron chi connectivity index (χ2n) is 9.77. The highest BCUT2D eigenvalue weighted by molar-refractivity contribution is 6.04. The molecule has 2 aromatic carbocycles. The molecule has 3 saturated heterocycles. The minimum atomic E-state index is -1.08. The fraction of sp³-hybridized carbons (Fsp3) is 0.444. The van der Waals surface area contributed by atoms with Crippen LogP contribution in [-0.2, 0) is 25.7 Å². The van der Waals surface area contributed by atoms with Crippen molar-refractivity contribution in [3.8, 4) is 0 Å². The summed E-state index contributed by atoms with van der Waals surface area (Å²) in [5.41, 5.74) is 2.43. The van der Waals surface area contributed by atoms with E-state index in [1.807, 2.05) is 62.4 Å². The van der Waals surface area contributed by atoms with E-state index < -0.39 is 29.6 Å². The number of carbonyl (C=O) groups is 3.